The van der Waals surface area contributed by atoms with Crippen molar-refractivity contribution in [3.63, 3.8) is 0 Å². The van der Waals surface area contributed by atoms with Crippen molar-refractivity contribution in [2.45, 2.75) is 25.7 Å². The summed E-state index contributed by atoms with van der Waals surface area (Å²) in [5, 5.41) is 0. The number of unbranched alkanes of at least 4 members (excludes halogenated alkanes) is 1. The molecular weight excluding hydrogens is 359 g/mol. The zero-order valence-electron chi connectivity index (χ0n) is 12.2. The molecule has 1 heterocycles. The van der Waals surface area contributed by atoms with Crippen LogP contribution >= 0.6 is 0 Å². The first-order valence-electron chi connectivity index (χ1n) is 6.61. The highest BCUT2D eigenvalue weighted by Crippen LogP contribution is 2.10. The molecule has 19 heavy (non-hydrogen) atoms. The Balaban J connectivity index is 0.00000324. The number of quaternary nitrogens is 1. The van der Waals surface area contributed by atoms with Crippen LogP contribution in [-0.2, 0) is 14.3 Å². The Morgan fingerprint density at radius 3 is 2.16 bits per heavy atom. The number of likely N-dealkylation sites (N-methyl/N-ethyl adjacent to an activating group) is 1. The lowest BCUT2D eigenvalue weighted by molar-refractivity contribution is -0.894. The minimum absolute atomic E-state index is 0. The highest BCUT2D eigenvalue weighted by Gasteiger charge is 2.26. The summed E-state index contributed by atoms with van der Waals surface area (Å²) in [6, 6.07) is 0. The number of nitrogens with zero attached hydrogens (tertiary/aromatic N) is 2. The van der Waals surface area contributed by atoms with Crippen molar-refractivity contribution < 1.29 is 42.8 Å². The number of rotatable bonds is 5. The molecule has 1 fully saturated rings. The van der Waals surface area contributed by atoms with Gasteiger partial charge < -0.3 is 38.1 Å². The highest BCUT2D eigenvalue weighted by atomic mass is 127. The minimum atomic E-state index is -0.195. The van der Waals surface area contributed by atoms with Gasteiger partial charge in [0.15, 0.2) is 0 Å². The lowest BCUT2D eigenvalue weighted by Gasteiger charge is -2.39. The Hall–Kier alpha value is -0.370. The van der Waals surface area contributed by atoms with Gasteiger partial charge in [0.2, 0.25) is 5.91 Å². The second kappa shape index (κ2) is 8.73. The third-order valence-corrected chi connectivity index (χ3v) is 3.55. The Morgan fingerprint density at radius 1 is 1.11 bits per heavy atom. The molecule has 0 atom stereocenters. The van der Waals surface area contributed by atoms with Crippen molar-refractivity contribution in [1.29, 1.82) is 0 Å². The molecule has 0 radical (unpaired) electrons. The summed E-state index contributed by atoms with van der Waals surface area (Å²) in [5.74, 6) is 0.0269. The van der Waals surface area contributed by atoms with E-state index in [9.17, 15) is 9.59 Å². The van der Waals surface area contributed by atoms with E-state index >= 15 is 0 Å². The third-order valence-electron chi connectivity index (χ3n) is 3.55. The fraction of sp³-hybridized carbons (Fsp3) is 0.846. The Kier molecular flexibility index (Phi) is 8.56. The summed E-state index contributed by atoms with van der Waals surface area (Å²) < 4.78 is 5.55. The van der Waals surface area contributed by atoms with Crippen molar-refractivity contribution in [1.82, 2.24) is 4.90 Å². The van der Waals surface area contributed by atoms with Gasteiger partial charge in [-0.1, -0.05) is 0 Å². The number of halogens is 1. The number of ether oxygens (including phenoxy) is 1. The maximum atomic E-state index is 11.9. The number of hydrogen-bond acceptors (Lipinski definition) is 3. The average molecular weight is 384 g/mol. The van der Waals surface area contributed by atoms with E-state index < -0.39 is 0 Å². The largest absolute Gasteiger partial charge is 1.00 e. The van der Waals surface area contributed by atoms with E-state index in [1.54, 1.807) is 0 Å². The predicted molar refractivity (Wildman–Crippen MR) is 68.9 cm³/mol. The predicted octanol–water partition coefficient (Wildman–Crippen LogP) is -2.36. The molecule has 0 aromatic carbocycles. The van der Waals surface area contributed by atoms with E-state index in [4.69, 9.17) is 0 Å². The van der Waals surface area contributed by atoms with Gasteiger partial charge in [0, 0.05) is 12.8 Å². The van der Waals surface area contributed by atoms with Crippen LogP contribution in [0.15, 0.2) is 0 Å². The SMILES string of the molecule is COC(=O)CCCCC(=O)N1CC[N+](C)(C)CC1.[I-]. The molecule has 1 aliphatic rings. The van der Waals surface area contributed by atoms with Crippen molar-refractivity contribution >= 4 is 11.9 Å². The van der Waals surface area contributed by atoms with E-state index in [2.05, 4.69) is 18.8 Å². The monoisotopic (exact) mass is 384 g/mol. The summed E-state index contributed by atoms with van der Waals surface area (Å²) in [5.41, 5.74) is 0. The topological polar surface area (TPSA) is 46.6 Å². The quantitative estimate of drug-likeness (QED) is 0.231. The van der Waals surface area contributed by atoms with E-state index in [0.29, 0.717) is 12.8 Å². The molecule has 1 aliphatic heterocycles. The van der Waals surface area contributed by atoms with Crippen LogP contribution in [0.4, 0.5) is 0 Å². The summed E-state index contributed by atoms with van der Waals surface area (Å²) in [4.78, 5) is 24.8. The molecule has 1 amide bonds. The molecule has 0 aromatic rings. The number of carbonyl (C=O) groups excluding carboxylic acids is 2. The van der Waals surface area contributed by atoms with Gasteiger partial charge in [-0.2, -0.15) is 0 Å². The highest BCUT2D eigenvalue weighted by molar-refractivity contribution is 5.76. The Labute approximate surface area is 132 Å². The fourth-order valence-corrected chi connectivity index (χ4v) is 2.06. The molecule has 0 N–H and O–H groups in total. The van der Waals surface area contributed by atoms with Crippen LogP contribution in [0.2, 0.25) is 0 Å². The van der Waals surface area contributed by atoms with Gasteiger partial charge in [0.1, 0.15) is 0 Å². The number of carbonyl (C=O) groups is 2. The maximum absolute atomic E-state index is 11.9. The number of esters is 1. The number of methoxy groups -OCH3 is 1. The van der Waals surface area contributed by atoms with Crippen LogP contribution in [0.1, 0.15) is 25.7 Å². The van der Waals surface area contributed by atoms with E-state index in [1.807, 2.05) is 4.90 Å². The maximum Gasteiger partial charge on any atom is 0.305 e. The van der Waals surface area contributed by atoms with Crippen LogP contribution in [0, 0.1) is 0 Å². The minimum Gasteiger partial charge on any atom is -1.00 e. The van der Waals surface area contributed by atoms with Crippen molar-refractivity contribution in [3.8, 4) is 0 Å². The van der Waals surface area contributed by atoms with Crippen molar-refractivity contribution in [2.75, 3.05) is 47.4 Å². The van der Waals surface area contributed by atoms with Gasteiger partial charge >= 0.3 is 5.97 Å². The molecule has 0 bridgehead atoms. The van der Waals surface area contributed by atoms with Gasteiger partial charge in [0.25, 0.3) is 0 Å². The zero-order chi connectivity index (χ0) is 13.6. The van der Waals surface area contributed by atoms with E-state index in [1.165, 1.54) is 7.11 Å². The van der Waals surface area contributed by atoms with Gasteiger partial charge in [0.05, 0.1) is 47.4 Å². The van der Waals surface area contributed by atoms with Gasteiger partial charge in [-0.05, 0) is 12.8 Å². The fourth-order valence-electron chi connectivity index (χ4n) is 2.06. The molecular formula is C13H25IN2O3. The molecule has 0 aliphatic carbocycles. The second-order valence-electron chi connectivity index (χ2n) is 5.55. The summed E-state index contributed by atoms with van der Waals surface area (Å²) in [6.07, 6.45) is 2.45. The Morgan fingerprint density at radius 2 is 1.63 bits per heavy atom. The van der Waals surface area contributed by atoms with Crippen LogP contribution in [0.3, 0.4) is 0 Å². The molecule has 1 rings (SSSR count). The van der Waals surface area contributed by atoms with Crippen molar-refractivity contribution in [3.05, 3.63) is 0 Å². The van der Waals surface area contributed by atoms with Crippen molar-refractivity contribution in [2.24, 2.45) is 0 Å². The summed E-state index contributed by atoms with van der Waals surface area (Å²) in [7, 11) is 5.78. The third kappa shape index (κ3) is 7.10. The molecule has 1 saturated heterocycles. The number of hydrogen-bond donors (Lipinski definition) is 0. The molecule has 112 valence electrons. The van der Waals surface area contributed by atoms with Crippen LogP contribution in [0.5, 0.6) is 0 Å². The Bertz CT molecular complexity index is 298. The standard InChI is InChI=1S/C13H25N2O3.HI/c1-15(2)10-8-14(9-11-15)12(16)6-4-5-7-13(17)18-3;/h4-11H2,1-3H3;1H/q+1;/p-1. The molecule has 0 aromatic heterocycles. The molecule has 5 nitrogen and oxygen atoms in total. The van der Waals surface area contributed by atoms with Gasteiger partial charge in [-0.3, -0.25) is 9.59 Å². The second-order valence-corrected chi connectivity index (χ2v) is 5.55. The average Bonchev–Trinajstić information content (AvgIpc) is 2.33. The van der Waals surface area contributed by atoms with E-state index in [-0.39, 0.29) is 35.9 Å². The van der Waals surface area contributed by atoms with Crippen LogP contribution < -0.4 is 24.0 Å². The summed E-state index contributed by atoms with van der Waals surface area (Å²) in [6.45, 7) is 3.74. The lowest BCUT2D eigenvalue weighted by atomic mass is 10.1. The number of piperazine rings is 1. The van der Waals surface area contributed by atoms with Gasteiger partial charge in [-0.25, -0.2) is 0 Å². The van der Waals surface area contributed by atoms with Crippen LogP contribution in [-0.4, -0.2) is 68.6 Å². The molecule has 0 unspecified atom stereocenters. The zero-order valence-corrected chi connectivity index (χ0v) is 14.3. The first kappa shape index (κ1) is 18.6. The van der Waals surface area contributed by atoms with Gasteiger partial charge in [-0.15, -0.1) is 0 Å². The molecule has 0 saturated carbocycles. The first-order valence-corrected chi connectivity index (χ1v) is 6.61. The number of amides is 1. The molecule has 0 spiro atoms. The normalized spacial score (nSPS) is 17.5. The smallest absolute Gasteiger partial charge is 0.305 e. The lowest BCUT2D eigenvalue weighted by Crippen LogP contribution is -3.00. The molecule has 6 heteroatoms. The van der Waals surface area contributed by atoms with E-state index in [0.717, 1.165) is 43.5 Å². The van der Waals surface area contributed by atoms with Crippen LogP contribution in [0.25, 0.3) is 0 Å². The summed E-state index contributed by atoms with van der Waals surface area (Å²) >= 11 is 0. The first-order chi connectivity index (χ1) is 8.44.